The molecule has 2 nitrogen and oxygen atoms in total. The molecule has 2 unspecified atom stereocenters. The molecule has 15 heavy (non-hydrogen) atoms. The van der Waals surface area contributed by atoms with Crippen molar-refractivity contribution in [3.05, 3.63) is 21.9 Å². The van der Waals surface area contributed by atoms with Gasteiger partial charge in [-0.25, -0.2) is 0 Å². The highest BCUT2D eigenvalue weighted by atomic mass is 32.1. The van der Waals surface area contributed by atoms with E-state index >= 15 is 0 Å². The van der Waals surface area contributed by atoms with Gasteiger partial charge in [-0.15, -0.1) is 11.3 Å². The molecular weight excluding hydrogens is 204 g/mol. The average molecular weight is 224 g/mol. The Morgan fingerprint density at radius 3 is 3.00 bits per heavy atom. The Labute approximate surface area is 96.1 Å². The predicted octanol–water partition coefficient (Wildman–Crippen LogP) is 2.00. The van der Waals surface area contributed by atoms with Crippen molar-refractivity contribution in [3.8, 4) is 0 Å². The molecule has 1 aromatic heterocycles. The fraction of sp³-hybridized carbons (Fsp3) is 0.667. The van der Waals surface area contributed by atoms with Crippen molar-refractivity contribution in [1.29, 1.82) is 0 Å². The second kappa shape index (κ2) is 5.10. The van der Waals surface area contributed by atoms with E-state index in [1.165, 1.54) is 23.5 Å². The smallest absolute Gasteiger partial charge is 0.0302 e. The van der Waals surface area contributed by atoms with Gasteiger partial charge in [-0.2, -0.15) is 0 Å². The van der Waals surface area contributed by atoms with Crippen LogP contribution >= 0.6 is 11.3 Å². The van der Waals surface area contributed by atoms with E-state index in [1.807, 2.05) is 11.3 Å². The van der Waals surface area contributed by atoms with Crippen LogP contribution in [0.4, 0.5) is 0 Å². The zero-order chi connectivity index (χ0) is 10.7. The van der Waals surface area contributed by atoms with E-state index in [0.717, 1.165) is 24.9 Å². The molecule has 0 saturated carbocycles. The first-order valence-corrected chi connectivity index (χ1v) is 6.59. The number of hydrogen-bond acceptors (Lipinski definition) is 3. The quantitative estimate of drug-likeness (QED) is 0.817. The summed E-state index contributed by atoms with van der Waals surface area (Å²) in [7, 11) is 0. The summed E-state index contributed by atoms with van der Waals surface area (Å²) in [5.74, 6) is 1.63. The van der Waals surface area contributed by atoms with Crippen LogP contribution in [0.5, 0.6) is 0 Å². The highest BCUT2D eigenvalue weighted by molar-refractivity contribution is 7.10. The summed E-state index contributed by atoms with van der Waals surface area (Å²) in [4.78, 5) is 1.48. The first-order valence-electron chi connectivity index (χ1n) is 5.72. The minimum atomic E-state index is 0.810. The minimum absolute atomic E-state index is 0.810. The van der Waals surface area contributed by atoms with Crippen LogP contribution in [-0.4, -0.2) is 19.6 Å². The van der Waals surface area contributed by atoms with Crippen molar-refractivity contribution < 1.29 is 0 Å². The molecule has 0 spiro atoms. The Morgan fingerprint density at radius 1 is 1.53 bits per heavy atom. The molecule has 1 aromatic rings. The molecule has 3 heteroatoms. The van der Waals surface area contributed by atoms with Crippen molar-refractivity contribution in [2.75, 3.05) is 19.6 Å². The van der Waals surface area contributed by atoms with Gasteiger partial charge in [0, 0.05) is 11.4 Å². The molecule has 84 valence electrons. The largest absolute Gasteiger partial charge is 0.316 e. The van der Waals surface area contributed by atoms with E-state index in [4.69, 9.17) is 0 Å². The highest BCUT2D eigenvalue weighted by Gasteiger charge is 2.22. The zero-order valence-corrected chi connectivity index (χ0v) is 10.4. The first-order chi connectivity index (χ1) is 7.27. The second-order valence-corrected chi connectivity index (χ2v) is 5.55. The molecule has 0 bridgehead atoms. The summed E-state index contributed by atoms with van der Waals surface area (Å²) >= 11 is 1.85. The molecule has 0 radical (unpaired) electrons. The van der Waals surface area contributed by atoms with Crippen LogP contribution in [0.25, 0.3) is 0 Å². The van der Waals surface area contributed by atoms with Crippen LogP contribution in [0.1, 0.15) is 17.4 Å². The van der Waals surface area contributed by atoms with Crippen molar-refractivity contribution in [2.45, 2.75) is 20.4 Å². The van der Waals surface area contributed by atoms with E-state index in [0.29, 0.717) is 0 Å². The van der Waals surface area contributed by atoms with Crippen LogP contribution in [0.15, 0.2) is 11.4 Å². The number of aryl methyl sites for hydroxylation is 1. The molecule has 1 aliphatic rings. The second-order valence-electron chi connectivity index (χ2n) is 4.55. The van der Waals surface area contributed by atoms with Gasteiger partial charge in [-0.1, -0.05) is 6.92 Å². The average Bonchev–Trinajstić information content (AvgIpc) is 2.78. The molecule has 1 aliphatic heterocycles. The minimum Gasteiger partial charge on any atom is -0.316 e. The van der Waals surface area contributed by atoms with Crippen molar-refractivity contribution >= 4 is 11.3 Å². The third kappa shape index (κ3) is 2.80. The van der Waals surface area contributed by atoms with Gasteiger partial charge in [-0.05, 0) is 55.4 Å². The summed E-state index contributed by atoms with van der Waals surface area (Å²) in [5, 5.41) is 9.18. The summed E-state index contributed by atoms with van der Waals surface area (Å²) in [6.45, 7) is 9.07. The van der Waals surface area contributed by atoms with Gasteiger partial charge in [0.15, 0.2) is 0 Å². The van der Waals surface area contributed by atoms with Crippen LogP contribution in [0.3, 0.4) is 0 Å². The third-order valence-electron chi connectivity index (χ3n) is 3.34. The van der Waals surface area contributed by atoms with Crippen LogP contribution in [-0.2, 0) is 6.54 Å². The molecule has 0 aromatic carbocycles. The van der Waals surface area contributed by atoms with Gasteiger partial charge in [0.05, 0.1) is 0 Å². The Hall–Kier alpha value is -0.380. The summed E-state index contributed by atoms with van der Waals surface area (Å²) in [6.07, 6.45) is 0. The van der Waals surface area contributed by atoms with Gasteiger partial charge < -0.3 is 10.6 Å². The van der Waals surface area contributed by atoms with E-state index in [9.17, 15) is 0 Å². The van der Waals surface area contributed by atoms with Gasteiger partial charge in [0.25, 0.3) is 0 Å². The maximum atomic E-state index is 3.57. The summed E-state index contributed by atoms with van der Waals surface area (Å²) in [5.41, 5.74) is 1.42. The van der Waals surface area contributed by atoms with Gasteiger partial charge >= 0.3 is 0 Å². The monoisotopic (exact) mass is 224 g/mol. The number of thiophene rings is 1. The maximum Gasteiger partial charge on any atom is 0.0302 e. The van der Waals surface area contributed by atoms with Gasteiger partial charge in [-0.3, -0.25) is 0 Å². The van der Waals surface area contributed by atoms with E-state index in [-0.39, 0.29) is 0 Å². The Bertz CT molecular complexity index is 308. The SMILES string of the molecule is Cc1ccsc1CNCC1CNCC1C. The molecule has 1 fully saturated rings. The third-order valence-corrected chi connectivity index (χ3v) is 4.36. The Balaban J connectivity index is 1.73. The first kappa shape index (κ1) is 11.1. The van der Waals surface area contributed by atoms with Crippen LogP contribution in [0, 0.1) is 18.8 Å². The van der Waals surface area contributed by atoms with E-state index < -0.39 is 0 Å². The molecule has 2 atom stereocenters. The standard InChI is InChI=1S/C12H20N2S/c1-9-3-4-15-12(9)8-14-7-11-6-13-5-10(11)2/h3-4,10-11,13-14H,5-8H2,1-2H3. The number of nitrogens with one attached hydrogen (secondary N) is 2. The molecule has 2 rings (SSSR count). The molecule has 0 aliphatic carbocycles. The fourth-order valence-electron chi connectivity index (χ4n) is 2.09. The number of rotatable bonds is 4. The van der Waals surface area contributed by atoms with Crippen molar-refractivity contribution in [1.82, 2.24) is 10.6 Å². The zero-order valence-electron chi connectivity index (χ0n) is 9.55. The predicted molar refractivity (Wildman–Crippen MR) is 66.3 cm³/mol. The maximum absolute atomic E-state index is 3.57. The van der Waals surface area contributed by atoms with Gasteiger partial charge in [0.1, 0.15) is 0 Å². The molecular formula is C12H20N2S. The van der Waals surface area contributed by atoms with Crippen LogP contribution < -0.4 is 10.6 Å². The lowest BCUT2D eigenvalue weighted by Gasteiger charge is -2.14. The lowest BCUT2D eigenvalue weighted by molar-refractivity contribution is 0.420. The molecule has 2 N–H and O–H groups in total. The summed E-state index contributed by atoms with van der Waals surface area (Å²) < 4.78 is 0. The lowest BCUT2D eigenvalue weighted by Crippen LogP contribution is -2.26. The normalized spacial score (nSPS) is 26.0. The van der Waals surface area contributed by atoms with E-state index in [1.54, 1.807) is 0 Å². The Kier molecular flexibility index (Phi) is 3.78. The molecule has 2 heterocycles. The van der Waals surface area contributed by atoms with Gasteiger partial charge in [0.2, 0.25) is 0 Å². The lowest BCUT2D eigenvalue weighted by atomic mass is 9.98. The fourth-order valence-corrected chi connectivity index (χ4v) is 2.97. The molecule has 1 saturated heterocycles. The number of hydrogen-bond donors (Lipinski definition) is 2. The van der Waals surface area contributed by atoms with Crippen molar-refractivity contribution in [2.24, 2.45) is 11.8 Å². The molecule has 0 amide bonds. The van der Waals surface area contributed by atoms with Crippen LogP contribution in [0.2, 0.25) is 0 Å². The topological polar surface area (TPSA) is 24.1 Å². The van der Waals surface area contributed by atoms with Crippen molar-refractivity contribution in [3.63, 3.8) is 0 Å². The highest BCUT2D eigenvalue weighted by Crippen LogP contribution is 2.17. The van der Waals surface area contributed by atoms with E-state index in [2.05, 4.69) is 35.9 Å². The Morgan fingerprint density at radius 2 is 2.40 bits per heavy atom. The summed E-state index contributed by atoms with van der Waals surface area (Å²) in [6, 6.07) is 2.20.